The molecule has 1 heterocycles. The van der Waals surface area contributed by atoms with Gasteiger partial charge < -0.3 is 15.4 Å². The highest BCUT2D eigenvalue weighted by Gasteiger charge is 2.15. The van der Waals surface area contributed by atoms with Crippen LogP contribution in [0.15, 0.2) is 6.20 Å². The molecule has 3 N–H and O–H groups in total. The van der Waals surface area contributed by atoms with Gasteiger partial charge in [-0.1, -0.05) is 0 Å². The first-order valence-electron chi connectivity index (χ1n) is 3.75. The van der Waals surface area contributed by atoms with Crippen LogP contribution < -0.4 is 5.32 Å². The summed E-state index contributed by atoms with van der Waals surface area (Å²) in [6.45, 7) is 1.59. The maximum atomic E-state index is 10.8. The predicted molar refractivity (Wildman–Crippen MR) is 50.0 cm³/mol. The third kappa shape index (κ3) is 1.75. The number of nitrogens with one attached hydrogen (secondary N) is 2. The normalized spacial score (nSPS) is 9.14. The summed E-state index contributed by atoms with van der Waals surface area (Å²) in [4.78, 5) is 24.2. The van der Waals surface area contributed by atoms with Gasteiger partial charge in [0.05, 0.1) is 5.69 Å². The predicted octanol–water partition coefficient (Wildman–Crippen LogP) is 0.593. The molecule has 0 aromatic carbocycles. The first-order chi connectivity index (χ1) is 6.56. The smallest absolute Gasteiger partial charge is 0.339 e. The topological polar surface area (TPSA) is 82.2 Å². The molecule has 0 aliphatic rings. The van der Waals surface area contributed by atoms with E-state index in [-0.39, 0.29) is 11.3 Å². The fourth-order valence-corrected chi connectivity index (χ4v) is 1.06. The molecule has 0 spiro atoms. The minimum atomic E-state index is -1.11. The van der Waals surface area contributed by atoms with Gasteiger partial charge in [0.25, 0.3) is 5.91 Å². The lowest BCUT2D eigenvalue weighted by Crippen LogP contribution is -2.11. The van der Waals surface area contributed by atoms with Gasteiger partial charge in [0.1, 0.15) is 5.56 Å². The first kappa shape index (κ1) is 9.86. The molecule has 1 amide bonds. The van der Waals surface area contributed by atoms with Gasteiger partial charge in [-0.25, -0.2) is 4.79 Å². The highest BCUT2D eigenvalue weighted by molar-refractivity contribution is 6.07. The summed E-state index contributed by atoms with van der Waals surface area (Å²) < 4.78 is 0. The van der Waals surface area contributed by atoms with Gasteiger partial charge in [-0.05, 0) is 12.8 Å². The van der Waals surface area contributed by atoms with Crippen molar-refractivity contribution in [2.75, 3.05) is 5.32 Å². The number of hydrogen-bond acceptors (Lipinski definition) is 2. The fourth-order valence-electron chi connectivity index (χ4n) is 1.06. The van der Waals surface area contributed by atoms with Crippen LogP contribution in [-0.4, -0.2) is 22.0 Å². The van der Waals surface area contributed by atoms with Crippen molar-refractivity contribution in [3.8, 4) is 12.3 Å². The summed E-state index contributed by atoms with van der Waals surface area (Å²) in [5, 5.41) is 11.1. The number of H-pyrrole nitrogens is 1. The minimum Gasteiger partial charge on any atom is -0.478 e. The Balaban J connectivity index is 3.05. The molecule has 0 radical (unpaired) electrons. The van der Waals surface area contributed by atoms with Crippen LogP contribution in [0.2, 0.25) is 0 Å². The molecule has 0 saturated heterocycles. The largest absolute Gasteiger partial charge is 0.478 e. The molecule has 0 unspecified atom stereocenters. The van der Waals surface area contributed by atoms with Gasteiger partial charge in [-0.2, -0.15) is 0 Å². The number of aryl methyl sites for hydroxylation is 1. The Kier molecular flexibility index (Phi) is 2.58. The maximum Gasteiger partial charge on any atom is 0.339 e. The second-order valence-electron chi connectivity index (χ2n) is 2.61. The number of carbonyl (C=O) groups excluding carboxylic acids is 1. The lowest BCUT2D eigenvalue weighted by atomic mass is 10.2. The highest BCUT2D eigenvalue weighted by atomic mass is 16.4. The number of aromatic amines is 1. The molecule has 72 valence electrons. The van der Waals surface area contributed by atoms with Gasteiger partial charge in [-0.15, -0.1) is 6.42 Å². The number of aromatic carboxylic acids is 1. The van der Waals surface area contributed by atoms with Crippen LogP contribution in [0.25, 0.3) is 0 Å². The first-order valence-corrected chi connectivity index (χ1v) is 3.75. The summed E-state index contributed by atoms with van der Waals surface area (Å²) in [6, 6.07) is 0. The van der Waals surface area contributed by atoms with Gasteiger partial charge in [0.15, 0.2) is 0 Å². The van der Waals surface area contributed by atoms with Crippen LogP contribution in [0.4, 0.5) is 5.69 Å². The number of carbonyl (C=O) groups is 2. The van der Waals surface area contributed by atoms with Crippen LogP contribution in [0.5, 0.6) is 0 Å². The average Bonchev–Trinajstić information content (AvgIpc) is 2.46. The van der Waals surface area contributed by atoms with Crippen molar-refractivity contribution in [3.63, 3.8) is 0 Å². The molecule has 0 atom stereocenters. The third-order valence-electron chi connectivity index (χ3n) is 1.67. The number of carboxylic acids is 1. The Hall–Kier alpha value is -2.22. The van der Waals surface area contributed by atoms with Crippen molar-refractivity contribution >= 4 is 17.6 Å². The van der Waals surface area contributed by atoms with E-state index in [1.165, 1.54) is 6.20 Å². The van der Waals surface area contributed by atoms with Crippen molar-refractivity contribution < 1.29 is 14.7 Å². The summed E-state index contributed by atoms with van der Waals surface area (Å²) in [6.07, 6.45) is 6.22. The van der Waals surface area contributed by atoms with Gasteiger partial charge >= 0.3 is 5.97 Å². The van der Waals surface area contributed by atoms with E-state index in [1.807, 2.05) is 5.92 Å². The zero-order valence-corrected chi connectivity index (χ0v) is 7.42. The Morgan fingerprint density at radius 3 is 2.79 bits per heavy atom. The van der Waals surface area contributed by atoms with E-state index < -0.39 is 11.9 Å². The van der Waals surface area contributed by atoms with Crippen molar-refractivity contribution in [1.29, 1.82) is 0 Å². The van der Waals surface area contributed by atoms with Crippen LogP contribution in [-0.2, 0) is 4.79 Å². The highest BCUT2D eigenvalue weighted by Crippen LogP contribution is 2.18. The number of aromatic nitrogens is 1. The van der Waals surface area contributed by atoms with E-state index in [1.54, 1.807) is 6.92 Å². The van der Waals surface area contributed by atoms with Crippen molar-refractivity contribution in [1.82, 2.24) is 4.98 Å². The zero-order chi connectivity index (χ0) is 10.7. The van der Waals surface area contributed by atoms with E-state index in [2.05, 4.69) is 10.3 Å². The number of terminal acetylenes is 1. The Morgan fingerprint density at radius 2 is 2.29 bits per heavy atom. The molecule has 0 fully saturated rings. The van der Waals surface area contributed by atoms with Crippen LogP contribution in [0.1, 0.15) is 16.1 Å². The van der Waals surface area contributed by atoms with E-state index >= 15 is 0 Å². The summed E-state index contributed by atoms with van der Waals surface area (Å²) >= 11 is 0. The maximum absolute atomic E-state index is 10.8. The van der Waals surface area contributed by atoms with Crippen LogP contribution in [0, 0.1) is 19.3 Å². The lowest BCUT2D eigenvalue weighted by molar-refractivity contribution is -0.111. The van der Waals surface area contributed by atoms with E-state index in [0.29, 0.717) is 5.69 Å². The molecule has 0 saturated carbocycles. The minimum absolute atomic E-state index is 0.0219. The molecular weight excluding hydrogens is 184 g/mol. The van der Waals surface area contributed by atoms with Crippen molar-refractivity contribution in [2.24, 2.45) is 0 Å². The quantitative estimate of drug-likeness (QED) is 0.600. The molecule has 14 heavy (non-hydrogen) atoms. The Bertz CT molecular complexity index is 426. The molecule has 1 rings (SSSR count). The van der Waals surface area contributed by atoms with Gasteiger partial charge in [-0.3, -0.25) is 4.79 Å². The average molecular weight is 192 g/mol. The lowest BCUT2D eigenvalue weighted by Gasteiger charge is -1.99. The monoisotopic (exact) mass is 192 g/mol. The van der Waals surface area contributed by atoms with E-state index in [9.17, 15) is 9.59 Å². The van der Waals surface area contributed by atoms with Crippen LogP contribution in [0.3, 0.4) is 0 Å². The van der Waals surface area contributed by atoms with Crippen molar-refractivity contribution in [2.45, 2.75) is 6.92 Å². The molecular formula is C9H8N2O3. The molecule has 1 aromatic rings. The molecule has 0 aliphatic heterocycles. The number of rotatable bonds is 2. The van der Waals surface area contributed by atoms with Crippen LogP contribution >= 0.6 is 0 Å². The van der Waals surface area contributed by atoms with E-state index in [0.717, 1.165) is 0 Å². The zero-order valence-electron chi connectivity index (χ0n) is 7.42. The van der Waals surface area contributed by atoms with Crippen molar-refractivity contribution in [3.05, 3.63) is 17.5 Å². The molecule has 1 aromatic heterocycles. The number of anilines is 1. The summed E-state index contributed by atoms with van der Waals surface area (Å²) in [5.41, 5.74) is 0.663. The molecule has 5 nitrogen and oxygen atoms in total. The van der Waals surface area contributed by atoms with E-state index in [4.69, 9.17) is 11.5 Å². The fraction of sp³-hybridized carbons (Fsp3) is 0.111. The third-order valence-corrected chi connectivity index (χ3v) is 1.67. The second kappa shape index (κ2) is 3.66. The molecule has 5 heteroatoms. The molecule has 0 bridgehead atoms. The number of carboxylic acid groups (broad SMARTS) is 1. The summed E-state index contributed by atoms with van der Waals surface area (Å²) in [5.74, 6) is 0.0427. The van der Waals surface area contributed by atoms with Gasteiger partial charge in [0.2, 0.25) is 0 Å². The summed E-state index contributed by atoms with van der Waals surface area (Å²) in [7, 11) is 0. The number of amides is 1. The molecule has 0 aliphatic carbocycles. The Labute approximate surface area is 80.1 Å². The number of hydrogen-bond donors (Lipinski definition) is 3. The second-order valence-corrected chi connectivity index (χ2v) is 2.61. The van der Waals surface area contributed by atoms with Gasteiger partial charge in [0, 0.05) is 11.9 Å². The SMILES string of the molecule is C#CC(=O)Nc1c[nH]c(C)c1C(=O)O. The standard InChI is InChI=1S/C9H8N2O3/c1-3-7(12)11-6-4-10-5(2)8(6)9(13)14/h1,4,10H,2H3,(H,11,12)(H,13,14). The Morgan fingerprint density at radius 1 is 1.64 bits per heavy atom.